The van der Waals surface area contributed by atoms with Crippen LogP contribution in [-0.4, -0.2) is 42.1 Å². The number of hydrogen-bond acceptors (Lipinski definition) is 5. The number of para-hydroxylation sites is 1. The van der Waals surface area contributed by atoms with Crippen molar-refractivity contribution in [2.24, 2.45) is 4.40 Å². The minimum Gasteiger partial charge on any atom is -0.326 e. The molecule has 0 bridgehead atoms. The number of anilines is 1. The summed E-state index contributed by atoms with van der Waals surface area (Å²) in [5.74, 6) is -0.675. The van der Waals surface area contributed by atoms with Crippen LogP contribution < -0.4 is 5.32 Å². The minimum absolute atomic E-state index is 0.0243. The second-order valence-corrected chi connectivity index (χ2v) is 9.32. The number of amidine groups is 1. The van der Waals surface area contributed by atoms with Crippen molar-refractivity contribution in [3.05, 3.63) is 59.6 Å². The lowest BCUT2D eigenvalue weighted by Gasteiger charge is -2.13. The second-order valence-electron chi connectivity index (χ2n) is 6.11. The molecule has 2 aromatic rings. The molecule has 2 amide bonds. The van der Waals surface area contributed by atoms with Gasteiger partial charge in [-0.2, -0.15) is 8.42 Å². The van der Waals surface area contributed by atoms with Crippen molar-refractivity contribution in [1.82, 2.24) is 4.90 Å². The third-order valence-corrected chi connectivity index (χ3v) is 6.90. The fraction of sp³-hybridized carbons (Fsp3) is 0.211. The van der Waals surface area contributed by atoms with Gasteiger partial charge in [-0.25, -0.2) is 0 Å². The van der Waals surface area contributed by atoms with Gasteiger partial charge in [0, 0.05) is 23.7 Å². The van der Waals surface area contributed by atoms with Gasteiger partial charge in [0.2, 0.25) is 11.8 Å². The van der Waals surface area contributed by atoms with Gasteiger partial charge in [-0.3, -0.25) is 14.5 Å². The average molecular weight is 452 g/mol. The quantitative estimate of drug-likeness (QED) is 0.726. The first-order valence-electron chi connectivity index (χ1n) is 8.73. The zero-order chi connectivity index (χ0) is 21.0. The Balaban J connectivity index is 1.77. The maximum absolute atomic E-state index is 12.6. The molecule has 2 aromatic carbocycles. The molecule has 0 spiro atoms. The van der Waals surface area contributed by atoms with Crippen LogP contribution in [0.2, 0.25) is 5.02 Å². The molecular weight excluding hydrogens is 434 g/mol. The molecule has 0 radical (unpaired) electrons. The van der Waals surface area contributed by atoms with Crippen molar-refractivity contribution >= 4 is 56.1 Å². The maximum atomic E-state index is 12.6. The predicted octanol–water partition coefficient (Wildman–Crippen LogP) is 3.38. The summed E-state index contributed by atoms with van der Waals surface area (Å²) < 4.78 is 29.0. The minimum atomic E-state index is -4.01. The second kappa shape index (κ2) is 8.98. The topological polar surface area (TPSA) is 95.9 Å². The van der Waals surface area contributed by atoms with E-state index in [2.05, 4.69) is 9.71 Å². The Morgan fingerprint density at radius 1 is 1.17 bits per heavy atom. The lowest BCUT2D eigenvalue weighted by atomic mass is 10.2. The van der Waals surface area contributed by atoms with Crippen molar-refractivity contribution < 1.29 is 18.0 Å². The summed E-state index contributed by atoms with van der Waals surface area (Å²) in [6.45, 7) is 1.97. The van der Waals surface area contributed by atoms with Crippen LogP contribution in [0, 0.1) is 0 Å². The smallest absolute Gasteiger partial charge is 0.284 e. The Bertz CT molecular complexity index is 1040. The molecule has 152 valence electrons. The summed E-state index contributed by atoms with van der Waals surface area (Å²) in [5, 5.41) is 2.45. The molecule has 0 unspecified atom stereocenters. The summed E-state index contributed by atoms with van der Waals surface area (Å²) in [4.78, 5) is 26.2. The Kier molecular flexibility index (Phi) is 6.61. The van der Waals surface area contributed by atoms with E-state index < -0.39 is 15.3 Å². The van der Waals surface area contributed by atoms with Gasteiger partial charge in [-0.15, -0.1) is 4.40 Å². The first kappa shape index (κ1) is 21.4. The zero-order valence-electron chi connectivity index (χ0n) is 15.4. The standard InChI is InChI=1S/C19H18ClN3O4S2/c1-2-23-18(25)16(12-17(24)21-14-6-4-3-5-7-14)28-19(23)22-29(26,27)15-10-8-13(20)9-11-15/h3-11,16H,2,12H2,1H3,(H,21,24)/t16-/m1/s1. The molecule has 1 heterocycles. The number of nitrogens with zero attached hydrogens (tertiary/aromatic N) is 2. The molecule has 29 heavy (non-hydrogen) atoms. The predicted molar refractivity (Wildman–Crippen MR) is 115 cm³/mol. The van der Waals surface area contributed by atoms with Crippen LogP contribution in [0.1, 0.15) is 13.3 Å². The highest BCUT2D eigenvalue weighted by molar-refractivity contribution is 8.16. The number of sulfonamides is 1. The van der Waals surface area contributed by atoms with E-state index in [1.165, 1.54) is 29.2 Å². The van der Waals surface area contributed by atoms with Gasteiger partial charge >= 0.3 is 0 Å². The van der Waals surface area contributed by atoms with Gasteiger partial charge in [0.15, 0.2) is 5.17 Å². The number of rotatable bonds is 6. The molecule has 0 aliphatic carbocycles. The highest BCUT2D eigenvalue weighted by Gasteiger charge is 2.39. The van der Waals surface area contributed by atoms with Gasteiger partial charge in [0.1, 0.15) is 5.25 Å². The maximum Gasteiger partial charge on any atom is 0.284 e. The van der Waals surface area contributed by atoms with Crippen LogP contribution in [0.3, 0.4) is 0 Å². The molecule has 1 atom stereocenters. The van der Waals surface area contributed by atoms with E-state index in [4.69, 9.17) is 11.6 Å². The molecule has 0 aromatic heterocycles. The van der Waals surface area contributed by atoms with E-state index in [1.807, 2.05) is 6.07 Å². The summed E-state index contributed by atoms with van der Waals surface area (Å²) in [5.41, 5.74) is 0.625. The first-order valence-corrected chi connectivity index (χ1v) is 11.4. The summed E-state index contributed by atoms with van der Waals surface area (Å²) in [6.07, 6.45) is -0.0884. The van der Waals surface area contributed by atoms with Crippen LogP contribution in [0.15, 0.2) is 63.9 Å². The third kappa shape index (κ3) is 5.17. The lowest BCUT2D eigenvalue weighted by molar-refractivity contribution is -0.128. The van der Waals surface area contributed by atoms with E-state index in [9.17, 15) is 18.0 Å². The lowest BCUT2D eigenvalue weighted by Crippen LogP contribution is -2.33. The molecule has 1 fully saturated rings. The molecular formula is C19H18ClN3O4S2. The van der Waals surface area contributed by atoms with Crippen molar-refractivity contribution in [3.8, 4) is 0 Å². The van der Waals surface area contributed by atoms with Crippen LogP contribution in [0.25, 0.3) is 0 Å². The van der Waals surface area contributed by atoms with Gasteiger partial charge in [-0.05, 0) is 43.3 Å². The van der Waals surface area contributed by atoms with E-state index >= 15 is 0 Å². The number of carbonyl (C=O) groups is 2. The molecule has 1 N–H and O–H groups in total. The van der Waals surface area contributed by atoms with Crippen LogP contribution in [0.4, 0.5) is 5.69 Å². The third-order valence-electron chi connectivity index (χ3n) is 4.07. The zero-order valence-corrected chi connectivity index (χ0v) is 17.8. The van der Waals surface area contributed by atoms with E-state index in [1.54, 1.807) is 31.2 Å². The number of amides is 2. The van der Waals surface area contributed by atoms with E-state index in [0.717, 1.165) is 11.8 Å². The van der Waals surface area contributed by atoms with Crippen molar-refractivity contribution in [1.29, 1.82) is 0 Å². The molecule has 1 saturated heterocycles. The van der Waals surface area contributed by atoms with Gasteiger partial charge < -0.3 is 5.32 Å². The van der Waals surface area contributed by atoms with Crippen molar-refractivity contribution in [3.63, 3.8) is 0 Å². The van der Waals surface area contributed by atoms with Crippen LogP contribution >= 0.6 is 23.4 Å². The normalized spacial score (nSPS) is 18.3. The number of thioether (sulfide) groups is 1. The highest BCUT2D eigenvalue weighted by atomic mass is 35.5. The fourth-order valence-corrected chi connectivity index (χ4v) is 5.21. The Morgan fingerprint density at radius 2 is 1.83 bits per heavy atom. The van der Waals surface area contributed by atoms with E-state index in [0.29, 0.717) is 10.7 Å². The molecule has 3 rings (SSSR count). The molecule has 0 saturated carbocycles. The van der Waals surface area contributed by atoms with Crippen molar-refractivity contribution in [2.75, 3.05) is 11.9 Å². The van der Waals surface area contributed by atoms with Crippen LogP contribution in [-0.2, 0) is 19.6 Å². The monoisotopic (exact) mass is 451 g/mol. The fourth-order valence-electron chi connectivity index (χ4n) is 2.66. The number of nitrogens with one attached hydrogen (secondary N) is 1. The average Bonchev–Trinajstić information content (AvgIpc) is 2.96. The molecule has 1 aliphatic rings. The summed E-state index contributed by atoms with van der Waals surface area (Å²) in [6, 6.07) is 14.5. The van der Waals surface area contributed by atoms with Gasteiger partial charge in [-0.1, -0.05) is 41.6 Å². The van der Waals surface area contributed by atoms with Gasteiger partial charge in [0.25, 0.3) is 10.0 Å². The number of carbonyl (C=O) groups excluding carboxylic acids is 2. The van der Waals surface area contributed by atoms with Gasteiger partial charge in [0.05, 0.1) is 4.90 Å². The van der Waals surface area contributed by atoms with E-state index in [-0.39, 0.29) is 34.8 Å². The largest absolute Gasteiger partial charge is 0.326 e. The number of benzene rings is 2. The Hall–Kier alpha value is -2.36. The molecule has 10 heteroatoms. The summed E-state index contributed by atoms with van der Waals surface area (Å²) >= 11 is 6.77. The first-order chi connectivity index (χ1) is 13.8. The summed E-state index contributed by atoms with van der Waals surface area (Å²) in [7, 11) is -4.01. The van der Waals surface area contributed by atoms with Crippen LogP contribution in [0.5, 0.6) is 0 Å². The van der Waals surface area contributed by atoms with Crippen molar-refractivity contribution in [2.45, 2.75) is 23.5 Å². The molecule has 1 aliphatic heterocycles. The SMILES string of the molecule is CCN1C(=O)[C@@H](CC(=O)Nc2ccccc2)SC1=NS(=O)(=O)c1ccc(Cl)cc1. The number of halogens is 1. The Morgan fingerprint density at radius 3 is 2.45 bits per heavy atom. The Labute approximate surface area is 178 Å². The highest BCUT2D eigenvalue weighted by Crippen LogP contribution is 2.31. The number of hydrogen-bond donors (Lipinski definition) is 1. The molecule has 7 nitrogen and oxygen atoms in total.